The first kappa shape index (κ1) is 27.1. The second kappa shape index (κ2) is 11.4. The van der Waals surface area contributed by atoms with Crippen LogP contribution in [0.1, 0.15) is 38.1 Å². The molecular formula is C32H30N4O3S2. The number of aromatic nitrogens is 2. The monoisotopic (exact) mass is 582 g/mol. The molecule has 1 N–H and O–H groups in total. The Kier molecular flexibility index (Phi) is 7.55. The first-order valence-electron chi connectivity index (χ1n) is 13.4. The molecule has 1 aliphatic rings. The molecule has 7 nitrogen and oxygen atoms in total. The number of thiophene rings is 1. The van der Waals surface area contributed by atoms with Crippen LogP contribution in [0.15, 0.2) is 82.8 Å². The summed E-state index contributed by atoms with van der Waals surface area (Å²) in [5.74, 6) is 1.12. The van der Waals surface area contributed by atoms with Crippen molar-refractivity contribution in [3.63, 3.8) is 0 Å². The van der Waals surface area contributed by atoms with Crippen LogP contribution in [0.25, 0.3) is 16.9 Å². The van der Waals surface area contributed by atoms with E-state index in [2.05, 4.69) is 36.7 Å². The number of nitrogens with one attached hydrogen (secondary N) is 1. The number of carbonyl (C=O) groups excluding carboxylic acids is 2. The number of carbonyl (C=O) groups is 2. The van der Waals surface area contributed by atoms with Gasteiger partial charge in [-0.2, -0.15) is 5.10 Å². The van der Waals surface area contributed by atoms with E-state index in [9.17, 15) is 9.59 Å². The molecule has 208 valence electrons. The largest absolute Gasteiger partial charge is 0.467 e. The Morgan fingerprint density at radius 1 is 1.05 bits per heavy atom. The Morgan fingerprint density at radius 3 is 2.59 bits per heavy atom. The number of aryl methyl sites for hydroxylation is 3. The summed E-state index contributed by atoms with van der Waals surface area (Å²) in [6.07, 6.45) is 1.57. The number of fused-ring (bicyclic) bond motifs is 1. The number of hydrogen-bond acceptors (Lipinski definition) is 6. The maximum absolute atomic E-state index is 13.9. The number of hydrogen-bond donors (Lipinski definition) is 1. The highest BCUT2D eigenvalue weighted by atomic mass is 32.2. The van der Waals surface area contributed by atoms with E-state index in [-0.39, 0.29) is 35.9 Å². The van der Waals surface area contributed by atoms with Crippen LogP contribution in [0.2, 0.25) is 0 Å². The van der Waals surface area contributed by atoms with Gasteiger partial charge in [0.2, 0.25) is 11.8 Å². The number of benzene rings is 2. The molecule has 1 unspecified atom stereocenters. The molecule has 0 saturated carbocycles. The summed E-state index contributed by atoms with van der Waals surface area (Å²) in [6.45, 7) is 6.33. The van der Waals surface area contributed by atoms with Crippen molar-refractivity contribution in [3.05, 3.63) is 111 Å². The summed E-state index contributed by atoms with van der Waals surface area (Å²) >= 11 is 3.28. The standard InChI is InChI=1S/C32H30N4O3S2/c1-20-11-12-25(22(3)16-20)36-32-28(29(34-36)23-8-5-4-6-9-23)31(30-21(2)13-15-40-30)41-19-27(38)35(32)18-26(37)33-17-24-10-7-14-39-24/h4-16,31H,17-19H2,1-3H3,(H,33,37). The second-order valence-corrected chi connectivity index (χ2v) is 12.2. The predicted molar refractivity (Wildman–Crippen MR) is 165 cm³/mol. The Morgan fingerprint density at radius 2 is 1.88 bits per heavy atom. The number of amides is 2. The maximum Gasteiger partial charge on any atom is 0.240 e. The van der Waals surface area contributed by atoms with Crippen LogP contribution in [-0.2, 0) is 16.1 Å². The first-order valence-corrected chi connectivity index (χ1v) is 15.3. The molecule has 6 rings (SSSR count). The van der Waals surface area contributed by atoms with Crippen molar-refractivity contribution in [1.82, 2.24) is 15.1 Å². The molecule has 3 aromatic heterocycles. The van der Waals surface area contributed by atoms with E-state index in [1.54, 1.807) is 46.4 Å². The molecule has 0 aliphatic carbocycles. The van der Waals surface area contributed by atoms with Crippen LogP contribution in [0.4, 0.5) is 5.82 Å². The van der Waals surface area contributed by atoms with Gasteiger partial charge in [0.1, 0.15) is 18.1 Å². The lowest BCUT2D eigenvalue weighted by Crippen LogP contribution is -2.42. The second-order valence-electron chi connectivity index (χ2n) is 10.1. The van der Waals surface area contributed by atoms with Gasteiger partial charge in [0.05, 0.1) is 35.2 Å². The number of furan rings is 1. The molecule has 2 amide bonds. The molecular weight excluding hydrogens is 553 g/mol. The van der Waals surface area contributed by atoms with Gasteiger partial charge in [-0.1, -0.05) is 48.0 Å². The summed E-state index contributed by atoms with van der Waals surface area (Å²) < 4.78 is 7.25. The Labute approximate surface area is 247 Å². The normalized spacial score (nSPS) is 15.0. The van der Waals surface area contributed by atoms with E-state index in [4.69, 9.17) is 9.52 Å². The molecule has 0 bridgehead atoms. The summed E-state index contributed by atoms with van der Waals surface area (Å²) in [4.78, 5) is 30.0. The lowest BCUT2D eigenvalue weighted by Gasteiger charge is -2.23. The summed E-state index contributed by atoms with van der Waals surface area (Å²) in [6, 6.07) is 22.0. The van der Waals surface area contributed by atoms with Crippen LogP contribution in [-0.4, -0.2) is 33.9 Å². The fourth-order valence-electron chi connectivity index (χ4n) is 5.20. The van der Waals surface area contributed by atoms with Crippen LogP contribution in [0.5, 0.6) is 0 Å². The minimum Gasteiger partial charge on any atom is -0.467 e. The quantitative estimate of drug-likeness (QED) is 0.234. The van der Waals surface area contributed by atoms with Gasteiger partial charge in [-0.3, -0.25) is 14.5 Å². The van der Waals surface area contributed by atoms with Gasteiger partial charge in [-0.25, -0.2) is 4.68 Å². The zero-order chi connectivity index (χ0) is 28.5. The molecule has 0 fully saturated rings. The van der Waals surface area contributed by atoms with Crippen molar-refractivity contribution in [1.29, 1.82) is 0 Å². The van der Waals surface area contributed by atoms with E-state index in [0.29, 0.717) is 11.6 Å². The molecule has 1 aliphatic heterocycles. The third-order valence-corrected chi connectivity index (χ3v) is 9.65. The molecule has 0 spiro atoms. The van der Waals surface area contributed by atoms with E-state index < -0.39 is 0 Å². The fraction of sp³-hybridized carbons (Fsp3) is 0.219. The van der Waals surface area contributed by atoms with Crippen molar-refractivity contribution in [2.24, 2.45) is 0 Å². The summed E-state index contributed by atoms with van der Waals surface area (Å²) in [7, 11) is 0. The molecule has 1 atom stereocenters. The number of thioether (sulfide) groups is 1. The molecule has 4 heterocycles. The smallest absolute Gasteiger partial charge is 0.240 e. The minimum atomic E-state index is -0.272. The van der Waals surface area contributed by atoms with E-state index >= 15 is 0 Å². The highest BCUT2D eigenvalue weighted by molar-refractivity contribution is 8.00. The zero-order valence-electron chi connectivity index (χ0n) is 23.1. The zero-order valence-corrected chi connectivity index (χ0v) is 24.7. The molecule has 9 heteroatoms. The lowest BCUT2D eigenvalue weighted by molar-refractivity contribution is -0.123. The minimum absolute atomic E-state index is 0.125. The van der Waals surface area contributed by atoms with Crippen LogP contribution >= 0.6 is 23.1 Å². The van der Waals surface area contributed by atoms with Gasteiger partial charge in [-0.05, 0) is 61.5 Å². The highest BCUT2D eigenvalue weighted by Crippen LogP contribution is 2.50. The fourth-order valence-corrected chi connectivity index (χ4v) is 7.67. The average molecular weight is 583 g/mol. The van der Waals surface area contributed by atoms with Crippen LogP contribution in [0, 0.1) is 20.8 Å². The molecule has 0 saturated heterocycles. The Bertz CT molecular complexity index is 1710. The SMILES string of the molecule is Cc1ccc(-n2nc(-c3ccccc3)c3c2N(CC(=O)NCc2ccco2)C(=O)CSC3c2sccc2C)c(C)c1. The van der Waals surface area contributed by atoms with Crippen LogP contribution < -0.4 is 10.2 Å². The number of nitrogens with zero attached hydrogens (tertiary/aromatic N) is 3. The van der Waals surface area contributed by atoms with Gasteiger partial charge in [0.15, 0.2) is 0 Å². The van der Waals surface area contributed by atoms with Gasteiger partial charge in [0.25, 0.3) is 0 Å². The van der Waals surface area contributed by atoms with Gasteiger partial charge < -0.3 is 9.73 Å². The molecule has 41 heavy (non-hydrogen) atoms. The predicted octanol–water partition coefficient (Wildman–Crippen LogP) is 6.60. The number of anilines is 1. The van der Waals surface area contributed by atoms with Crippen molar-refractivity contribution >= 4 is 40.7 Å². The van der Waals surface area contributed by atoms with E-state index in [0.717, 1.165) is 33.6 Å². The summed E-state index contributed by atoms with van der Waals surface area (Å²) in [5.41, 5.74) is 6.93. The Balaban J connectivity index is 1.55. The topological polar surface area (TPSA) is 80.4 Å². The maximum atomic E-state index is 13.9. The van der Waals surface area contributed by atoms with Crippen molar-refractivity contribution in [2.45, 2.75) is 32.6 Å². The Hall–Kier alpha value is -4.08. The lowest BCUT2D eigenvalue weighted by atomic mass is 10.0. The van der Waals surface area contributed by atoms with Gasteiger partial charge in [0, 0.05) is 16.0 Å². The third kappa shape index (κ3) is 5.35. The van der Waals surface area contributed by atoms with E-state index in [1.165, 1.54) is 10.4 Å². The van der Waals surface area contributed by atoms with Gasteiger partial charge in [-0.15, -0.1) is 23.1 Å². The van der Waals surface area contributed by atoms with Gasteiger partial charge >= 0.3 is 0 Å². The third-order valence-electron chi connectivity index (χ3n) is 7.20. The average Bonchev–Trinajstić information content (AvgIpc) is 3.71. The van der Waals surface area contributed by atoms with E-state index in [1.807, 2.05) is 54.1 Å². The molecule has 0 radical (unpaired) electrons. The molecule has 5 aromatic rings. The first-order chi connectivity index (χ1) is 19.9. The van der Waals surface area contributed by atoms with Crippen LogP contribution in [0.3, 0.4) is 0 Å². The van der Waals surface area contributed by atoms with Crippen molar-refractivity contribution in [2.75, 3.05) is 17.2 Å². The van der Waals surface area contributed by atoms with Crippen molar-refractivity contribution in [3.8, 4) is 16.9 Å². The van der Waals surface area contributed by atoms with Crippen molar-refractivity contribution < 1.29 is 14.0 Å². The molecule has 2 aromatic carbocycles. The highest BCUT2D eigenvalue weighted by Gasteiger charge is 2.38. The summed E-state index contributed by atoms with van der Waals surface area (Å²) in [5, 5.41) is 10.1. The number of rotatable bonds is 7.